The van der Waals surface area contributed by atoms with Gasteiger partial charge >= 0.3 is 0 Å². The van der Waals surface area contributed by atoms with Crippen LogP contribution in [-0.2, 0) is 0 Å². The van der Waals surface area contributed by atoms with Gasteiger partial charge in [0.05, 0.1) is 29.5 Å². The molecule has 2 aromatic rings. The van der Waals surface area contributed by atoms with Crippen LogP contribution in [0, 0.1) is 5.95 Å². The lowest BCUT2D eigenvalue weighted by molar-refractivity contribution is 0.102. The number of ether oxygens (including phenoxy) is 2. The number of halogens is 2. The molecule has 1 aromatic heterocycles. The smallest absolute Gasteiger partial charge is 0.257 e. The van der Waals surface area contributed by atoms with Crippen molar-refractivity contribution in [1.82, 2.24) is 4.98 Å². The van der Waals surface area contributed by atoms with E-state index in [4.69, 9.17) is 21.1 Å². The molecule has 0 fully saturated rings. The molecule has 1 aromatic carbocycles. The highest BCUT2D eigenvalue weighted by atomic mass is 35.5. The molecule has 5 nitrogen and oxygen atoms in total. The number of benzene rings is 1. The van der Waals surface area contributed by atoms with E-state index in [-0.39, 0.29) is 5.56 Å². The number of carbonyl (C=O) groups is 1. The van der Waals surface area contributed by atoms with Crippen LogP contribution >= 0.6 is 11.6 Å². The molecule has 7 heteroatoms. The van der Waals surface area contributed by atoms with E-state index in [0.717, 1.165) is 18.7 Å². The zero-order valence-electron chi connectivity index (χ0n) is 11.4. The van der Waals surface area contributed by atoms with E-state index < -0.39 is 11.9 Å². The van der Waals surface area contributed by atoms with Gasteiger partial charge in [0.1, 0.15) is 0 Å². The number of hydrogen-bond acceptors (Lipinski definition) is 4. The van der Waals surface area contributed by atoms with E-state index in [0.29, 0.717) is 35.4 Å². The second-order valence-electron chi connectivity index (χ2n) is 4.65. The third-order valence-electron chi connectivity index (χ3n) is 3.07. The molecule has 0 radical (unpaired) electrons. The Morgan fingerprint density at radius 1 is 1.23 bits per heavy atom. The third kappa shape index (κ3) is 3.12. The van der Waals surface area contributed by atoms with E-state index in [1.165, 1.54) is 6.07 Å². The molecule has 1 N–H and O–H groups in total. The number of nitrogens with zero attached hydrogens (tertiary/aromatic N) is 1. The van der Waals surface area contributed by atoms with Crippen molar-refractivity contribution in [1.29, 1.82) is 0 Å². The Hall–Kier alpha value is -2.34. The fraction of sp³-hybridized carbons (Fsp3) is 0.200. The normalized spacial score (nSPS) is 13.4. The van der Waals surface area contributed by atoms with Crippen molar-refractivity contribution < 1.29 is 18.7 Å². The lowest BCUT2D eigenvalue weighted by atomic mass is 10.2. The minimum Gasteiger partial charge on any atom is -0.490 e. The van der Waals surface area contributed by atoms with Crippen molar-refractivity contribution in [3.8, 4) is 11.5 Å². The summed E-state index contributed by atoms with van der Waals surface area (Å²) in [6, 6.07) is 5.66. The van der Waals surface area contributed by atoms with Crippen molar-refractivity contribution in [3.63, 3.8) is 0 Å². The van der Waals surface area contributed by atoms with Gasteiger partial charge in [-0.3, -0.25) is 4.79 Å². The third-order valence-corrected chi connectivity index (χ3v) is 3.39. The summed E-state index contributed by atoms with van der Waals surface area (Å²) >= 11 is 6.15. The van der Waals surface area contributed by atoms with Crippen molar-refractivity contribution >= 4 is 23.2 Å². The molecule has 1 aliphatic rings. The van der Waals surface area contributed by atoms with E-state index in [1.807, 2.05) is 0 Å². The first-order chi connectivity index (χ1) is 10.6. The highest BCUT2D eigenvalue weighted by molar-refractivity contribution is 6.34. The maximum Gasteiger partial charge on any atom is 0.257 e. The van der Waals surface area contributed by atoms with Crippen molar-refractivity contribution in [2.45, 2.75) is 6.42 Å². The molecular formula is C15H12ClFN2O3. The van der Waals surface area contributed by atoms with Crippen LogP contribution < -0.4 is 14.8 Å². The number of pyridine rings is 1. The van der Waals surface area contributed by atoms with E-state index in [9.17, 15) is 9.18 Å². The Kier molecular flexibility index (Phi) is 4.11. The SMILES string of the molecule is O=C(Nc1cc2c(cc1Cl)OCCCO2)c1ccc(F)nc1. The zero-order chi connectivity index (χ0) is 15.5. The maximum atomic E-state index is 12.8. The molecule has 1 amide bonds. The van der Waals surface area contributed by atoms with Gasteiger partial charge in [-0.1, -0.05) is 11.6 Å². The zero-order valence-corrected chi connectivity index (χ0v) is 12.2. The molecule has 0 atom stereocenters. The second kappa shape index (κ2) is 6.19. The molecule has 1 aliphatic heterocycles. The summed E-state index contributed by atoms with van der Waals surface area (Å²) in [5, 5.41) is 2.97. The average molecular weight is 323 g/mol. The number of carbonyl (C=O) groups excluding carboxylic acids is 1. The van der Waals surface area contributed by atoms with Gasteiger partial charge in [0.25, 0.3) is 5.91 Å². The summed E-state index contributed by atoms with van der Waals surface area (Å²) in [6.07, 6.45) is 1.93. The van der Waals surface area contributed by atoms with Crippen LogP contribution in [0.2, 0.25) is 5.02 Å². The van der Waals surface area contributed by atoms with Crippen LogP contribution in [0.5, 0.6) is 11.5 Å². The predicted molar refractivity (Wildman–Crippen MR) is 79.2 cm³/mol. The van der Waals surface area contributed by atoms with Crippen molar-refractivity contribution in [3.05, 3.63) is 47.0 Å². The number of amides is 1. The predicted octanol–water partition coefficient (Wildman–Crippen LogP) is 3.29. The highest BCUT2D eigenvalue weighted by Crippen LogP contribution is 2.37. The monoisotopic (exact) mass is 322 g/mol. The van der Waals surface area contributed by atoms with Gasteiger partial charge in [-0.15, -0.1) is 0 Å². The van der Waals surface area contributed by atoms with Crippen LogP contribution in [-0.4, -0.2) is 24.1 Å². The lowest BCUT2D eigenvalue weighted by Crippen LogP contribution is -2.13. The Labute approximate surface area is 131 Å². The largest absolute Gasteiger partial charge is 0.490 e. The fourth-order valence-corrected chi connectivity index (χ4v) is 2.19. The Morgan fingerprint density at radius 2 is 1.95 bits per heavy atom. The molecule has 114 valence electrons. The van der Waals surface area contributed by atoms with E-state index in [1.54, 1.807) is 12.1 Å². The van der Waals surface area contributed by atoms with Gasteiger partial charge in [0.15, 0.2) is 11.5 Å². The molecule has 3 rings (SSSR count). The summed E-state index contributed by atoms with van der Waals surface area (Å²) < 4.78 is 23.8. The Bertz CT molecular complexity index is 707. The van der Waals surface area contributed by atoms with Crippen molar-refractivity contribution in [2.24, 2.45) is 0 Å². The number of nitrogens with one attached hydrogen (secondary N) is 1. The second-order valence-corrected chi connectivity index (χ2v) is 5.06. The molecule has 0 saturated carbocycles. The molecule has 0 bridgehead atoms. The number of rotatable bonds is 2. The van der Waals surface area contributed by atoms with Gasteiger partial charge in [0.2, 0.25) is 5.95 Å². The van der Waals surface area contributed by atoms with Crippen LogP contribution in [0.15, 0.2) is 30.5 Å². The fourth-order valence-electron chi connectivity index (χ4n) is 1.98. The summed E-state index contributed by atoms with van der Waals surface area (Å²) in [6.45, 7) is 1.08. The summed E-state index contributed by atoms with van der Waals surface area (Å²) in [5.74, 6) is -0.0209. The van der Waals surface area contributed by atoms with Crippen LogP contribution in [0.25, 0.3) is 0 Å². The first kappa shape index (κ1) is 14.6. The van der Waals surface area contributed by atoms with E-state index >= 15 is 0 Å². The topological polar surface area (TPSA) is 60.5 Å². The first-order valence-corrected chi connectivity index (χ1v) is 7.03. The highest BCUT2D eigenvalue weighted by Gasteiger charge is 2.16. The summed E-state index contributed by atoms with van der Waals surface area (Å²) in [7, 11) is 0. The van der Waals surface area contributed by atoms with Gasteiger partial charge in [-0.05, 0) is 12.1 Å². The molecule has 0 spiro atoms. The average Bonchev–Trinajstić information content (AvgIpc) is 2.73. The molecule has 0 aliphatic carbocycles. The quantitative estimate of drug-likeness (QED) is 0.862. The van der Waals surface area contributed by atoms with Gasteiger partial charge in [-0.2, -0.15) is 4.39 Å². The van der Waals surface area contributed by atoms with Gasteiger partial charge in [-0.25, -0.2) is 4.98 Å². The molecule has 22 heavy (non-hydrogen) atoms. The summed E-state index contributed by atoms with van der Waals surface area (Å²) in [4.78, 5) is 15.6. The molecule has 2 heterocycles. The first-order valence-electron chi connectivity index (χ1n) is 6.65. The number of fused-ring (bicyclic) bond motifs is 1. The van der Waals surface area contributed by atoms with Crippen LogP contribution in [0.4, 0.5) is 10.1 Å². The van der Waals surface area contributed by atoms with Gasteiger partial charge in [0, 0.05) is 24.8 Å². The summed E-state index contributed by atoms with van der Waals surface area (Å²) in [5.41, 5.74) is 0.616. The lowest BCUT2D eigenvalue weighted by Gasteiger charge is -2.12. The van der Waals surface area contributed by atoms with Gasteiger partial charge < -0.3 is 14.8 Å². The van der Waals surface area contributed by atoms with E-state index in [2.05, 4.69) is 10.3 Å². The standard InChI is InChI=1S/C15H12ClFN2O3/c16-10-6-12-13(22-5-1-4-21-12)7-11(10)19-15(20)9-2-3-14(17)18-8-9/h2-3,6-8H,1,4-5H2,(H,19,20). The Balaban J connectivity index is 1.84. The number of anilines is 1. The minimum absolute atomic E-state index is 0.226. The Morgan fingerprint density at radius 3 is 2.64 bits per heavy atom. The minimum atomic E-state index is -0.648. The molecule has 0 saturated heterocycles. The van der Waals surface area contributed by atoms with Crippen LogP contribution in [0.3, 0.4) is 0 Å². The van der Waals surface area contributed by atoms with Crippen LogP contribution in [0.1, 0.15) is 16.8 Å². The number of hydrogen-bond donors (Lipinski definition) is 1. The molecular weight excluding hydrogens is 311 g/mol. The number of aromatic nitrogens is 1. The molecule has 0 unspecified atom stereocenters. The van der Waals surface area contributed by atoms with Crippen molar-refractivity contribution in [2.75, 3.05) is 18.5 Å². The maximum absolute atomic E-state index is 12.8.